The van der Waals surface area contributed by atoms with Gasteiger partial charge in [-0.05, 0) is 50.0 Å². The molecule has 5 aliphatic heterocycles. The van der Waals surface area contributed by atoms with Crippen molar-refractivity contribution in [2.45, 2.75) is 118 Å². The highest BCUT2D eigenvalue weighted by atomic mass is 33.1. The lowest BCUT2D eigenvalue weighted by Gasteiger charge is -2.47. The molecule has 1 amide bonds. The summed E-state index contributed by atoms with van der Waals surface area (Å²) in [4.78, 5) is 37.7. The van der Waals surface area contributed by atoms with Gasteiger partial charge in [0, 0.05) is 41.4 Å². The van der Waals surface area contributed by atoms with Crippen molar-refractivity contribution in [1.29, 1.82) is 0 Å². The van der Waals surface area contributed by atoms with Gasteiger partial charge >= 0.3 is 18.0 Å². The summed E-state index contributed by atoms with van der Waals surface area (Å²) in [5.41, 5.74) is -0.653. The van der Waals surface area contributed by atoms with Crippen molar-refractivity contribution in [2.75, 3.05) is 38.7 Å². The predicted octanol–water partition coefficient (Wildman–Crippen LogP) is 4.11. The molecule has 3 spiro atoms. The van der Waals surface area contributed by atoms with Gasteiger partial charge in [0.15, 0.2) is 11.7 Å². The summed E-state index contributed by atoms with van der Waals surface area (Å²) >= 11 is 0. The van der Waals surface area contributed by atoms with E-state index in [1.165, 1.54) is 12.2 Å². The van der Waals surface area contributed by atoms with Gasteiger partial charge in [0.2, 0.25) is 0 Å². The number of epoxide rings is 3. The molecule has 8 aliphatic rings. The molecule has 3 aliphatic carbocycles. The number of carbonyl (C=O) groups excluding carboxylic acids is 3. The van der Waals surface area contributed by atoms with Crippen LogP contribution in [0.3, 0.4) is 0 Å². The lowest BCUT2D eigenvalue weighted by atomic mass is 9.51. The molecule has 4 saturated heterocycles. The van der Waals surface area contributed by atoms with E-state index in [1.807, 2.05) is 21.6 Å². The second-order valence-corrected chi connectivity index (χ2v) is 17.2. The van der Waals surface area contributed by atoms with Crippen molar-refractivity contribution in [3.8, 4) is 0 Å². The lowest BCUT2D eigenvalue weighted by Crippen LogP contribution is -2.69. The van der Waals surface area contributed by atoms with Crippen LogP contribution in [0.5, 0.6) is 0 Å². The van der Waals surface area contributed by atoms with Gasteiger partial charge in [-0.3, -0.25) is 4.79 Å². The van der Waals surface area contributed by atoms with Gasteiger partial charge in [0.25, 0.3) is 0 Å². The number of unbranched alkanes of at least 4 members (excludes halogenated alkanes) is 1. The highest BCUT2D eigenvalue weighted by Gasteiger charge is 3.01. The van der Waals surface area contributed by atoms with Crippen LogP contribution in [0, 0.1) is 17.8 Å². The first-order valence-electron chi connectivity index (χ1n) is 17.1. The Kier molecular flexibility index (Phi) is 7.96. The Morgan fingerprint density at radius 3 is 2.83 bits per heavy atom. The first-order valence-corrected chi connectivity index (χ1v) is 19.5. The van der Waals surface area contributed by atoms with Crippen LogP contribution in [-0.4, -0.2) is 103 Å². The lowest BCUT2D eigenvalue weighted by molar-refractivity contribution is -0.145. The van der Waals surface area contributed by atoms with Crippen LogP contribution in [0.25, 0.3) is 0 Å². The van der Waals surface area contributed by atoms with E-state index < -0.39 is 34.6 Å². The summed E-state index contributed by atoms with van der Waals surface area (Å²) < 4.78 is 42.7. The maximum atomic E-state index is 13.3. The van der Waals surface area contributed by atoms with E-state index in [9.17, 15) is 14.4 Å². The Labute approximate surface area is 277 Å². The predicted molar refractivity (Wildman–Crippen MR) is 168 cm³/mol. The number of ether oxygens (including phenoxy) is 7. The van der Waals surface area contributed by atoms with Crippen molar-refractivity contribution in [3.63, 3.8) is 0 Å². The van der Waals surface area contributed by atoms with Gasteiger partial charge in [-0.15, -0.1) is 0 Å². The number of carbonyl (C=O) groups is 3. The van der Waals surface area contributed by atoms with E-state index in [-0.39, 0.29) is 68.3 Å². The molecule has 8 rings (SSSR count). The number of alkyl carbamates (subject to hydrolysis) is 1. The van der Waals surface area contributed by atoms with Crippen LogP contribution in [0.4, 0.5) is 4.79 Å². The standard InChI is InChI=1S/C33H45NO10S2/c1-18(2)31-26(43-31)19(3)33-30(44-33)10-8-21-22(17-40-27(21)36)23(30)16-24-32(33,42-24)28(31)41-29(37)34-11-12-38-13-14-39-25(35)7-5-4-6-20-9-15-45-46-20/h18-20,23-24,26,28H,4-17H2,1-3H3,(H,34,37)/t19-,20?,23-,24-,26-,28+,30+,31-,32+,33+/m0/s1. The zero-order valence-electron chi connectivity index (χ0n) is 26.8. The van der Waals surface area contributed by atoms with Crippen LogP contribution in [0.2, 0.25) is 0 Å². The van der Waals surface area contributed by atoms with Crippen molar-refractivity contribution >= 4 is 39.6 Å². The Hall–Kier alpha value is -1.51. The van der Waals surface area contributed by atoms with Crippen molar-refractivity contribution in [3.05, 3.63) is 11.1 Å². The third-order valence-corrected chi connectivity index (χ3v) is 15.1. The van der Waals surface area contributed by atoms with Crippen LogP contribution < -0.4 is 5.32 Å². The molecule has 5 heterocycles. The van der Waals surface area contributed by atoms with Gasteiger partial charge in [0.05, 0.1) is 25.4 Å². The van der Waals surface area contributed by atoms with E-state index in [4.69, 9.17) is 33.2 Å². The van der Waals surface area contributed by atoms with Crippen molar-refractivity contribution in [2.24, 2.45) is 17.8 Å². The zero-order valence-corrected chi connectivity index (χ0v) is 28.5. The molecule has 0 aromatic carbocycles. The van der Waals surface area contributed by atoms with Gasteiger partial charge in [-0.2, -0.15) is 0 Å². The summed E-state index contributed by atoms with van der Waals surface area (Å²) in [6, 6.07) is 0. The molecular formula is C33H45NO10S2. The van der Waals surface area contributed by atoms with Gasteiger partial charge < -0.3 is 38.5 Å². The van der Waals surface area contributed by atoms with Crippen LogP contribution in [-0.2, 0) is 42.7 Å². The second-order valence-electron chi connectivity index (χ2n) is 14.5. The van der Waals surface area contributed by atoms with E-state index in [0.717, 1.165) is 42.1 Å². The minimum Gasteiger partial charge on any atom is -0.463 e. The number of amides is 1. The number of esters is 2. The number of cyclic esters (lactones) is 1. The van der Waals surface area contributed by atoms with Gasteiger partial charge in [0.1, 0.15) is 30.0 Å². The topological polar surface area (TPSA) is 138 Å². The Morgan fingerprint density at radius 1 is 1.15 bits per heavy atom. The number of nitrogens with one attached hydrogen (secondary N) is 1. The van der Waals surface area contributed by atoms with E-state index >= 15 is 0 Å². The molecule has 0 aromatic rings. The summed E-state index contributed by atoms with van der Waals surface area (Å²) in [5, 5.41) is 3.56. The molecule has 11 nitrogen and oxygen atoms in total. The molecule has 1 N–H and O–H groups in total. The smallest absolute Gasteiger partial charge is 0.407 e. The molecule has 0 radical (unpaired) electrons. The minimum atomic E-state index is -0.784. The van der Waals surface area contributed by atoms with E-state index in [2.05, 4.69) is 26.1 Å². The average Bonchev–Trinajstić information content (AvgIpc) is 3.97. The molecule has 2 saturated carbocycles. The normalized spacial score (nSPS) is 43.8. The van der Waals surface area contributed by atoms with Crippen LogP contribution >= 0.6 is 21.6 Å². The number of hydrogen-bond donors (Lipinski definition) is 1. The monoisotopic (exact) mass is 679 g/mol. The SMILES string of the molecule is CC(C)[C@]12O[C@H]1[C@H](C)[C@@]13O[C@@]14CCC1=C(COC1=O)[C@@H]4C[C@@H]1O[C@@]13[C@@H]2OC(=O)NCCOCCOC(=O)CCCCC1CCSS1. The van der Waals surface area contributed by atoms with Gasteiger partial charge in [-0.1, -0.05) is 48.8 Å². The maximum absolute atomic E-state index is 13.3. The zero-order chi connectivity index (χ0) is 31.9. The number of fused-ring (bicyclic) bond motifs is 2. The van der Waals surface area contributed by atoms with E-state index in [1.54, 1.807) is 0 Å². The quantitative estimate of drug-likeness (QED) is 0.0986. The summed E-state index contributed by atoms with van der Waals surface area (Å²) in [5.74, 6) is 1.04. The van der Waals surface area contributed by atoms with Crippen LogP contribution in [0.15, 0.2) is 11.1 Å². The number of rotatable bonds is 13. The molecule has 6 fully saturated rings. The third kappa shape index (κ3) is 4.50. The highest BCUT2D eigenvalue weighted by molar-refractivity contribution is 8.77. The first kappa shape index (κ1) is 31.7. The average molecular weight is 680 g/mol. The molecular weight excluding hydrogens is 634 g/mol. The highest BCUT2D eigenvalue weighted by Crippen LogP contribution is 2.84. The minimum absolute atomic E-state index is 0.0449. The van der Waals surface area contributed by atoms with E-state index in [0.29, 0.717) is 25.9 Å². The second kappa shape index (κ2) is 11.5. The largest absolute Gasteiger partial charge is 0.463 e. The molecule has 0 bridgehead atoms. The molecule has 46 heavy (non-hydrogen) atoms. The molecule has 1 unspecified atom stereocenters. The van der Waals surface area contributed by atoms with Crippen molar-refractivity contribution < 1.29 is 47.5 Å². The third-order valence-electron chi connectivity index (χ3n) is 12.1. The fourth-order valence-electron chi connectivity index (χ4n) is 9.94. The summed E-state index contributed by atoms with van der Waals surface area (Å²) in [7, 11) is 3.91. The Balaban J connectivity index is 0.833. The number of hydrogen-bond acceptors (Lipinski definition) is 12. The Bertz CT molecular complexity index is 1320. The fraction of sp³-hybridized carbons (Fsp3) is 0.848. The summed E-state index contributed by atoms with van der Waals surface area (Å²) in [6.45, 7) is 7.71. The fourth-order valence-corrected chi connectivity index (χ4v) is 13.0. The first-order chi connectivity index (χ1) is 22.2. The Morgan fingerprint density at radius 2 is 2.02 bits per heavy atom. The molecule has 13 heteroatoms. The van der Waals surface area contributed by atoms with Crippen LogP contribution in [0.1, 0.15) is 72.1 Å². The summed E-state index contributed by atoms with van der Waals surface area (Å²) in [6.07, 6.45) is 5.39. The molecule has 254 valence electrons. The maximum Gasteiger partial charge on any atom is 0.407 e. The van der Waals surface area contributed by atoms with Gasteiger partial charge in [-0.25, -0.2) is 9.59 Å². The van der Waals surface area contributed by atoms with Crippen molar-refractivity contribution in [1.82, 2.24) is 5.32 Å². The molecule has 0 aromatic heterocycles. The molecule has 10 atom stereocenters.